The largest absolute Gasteiger partial charge is 0.354 e. The van der Waals surface area contributed by atoms with Gasteiger partial charge in [0.2, 0.25) is 5.91 Å². The Bertz CT molecular complexity index is 863. The first-order chi connectivity index (χ1) is 13.1. The molecule has 144 valence electrons. The molecular formula is C20H28N6O. The van der Waals surface area contributed by atoms with Crippen LogP contribution in [-0.2, 0) is 17.6 Å². The zero-order valence-electron chi connectivity index (χ0n) is 16.0. The van der Waals surface area contributed by atoms with Gasteiger partial charge in [0.15, 0.2) is 5.65 Å². The van der Waals surface area contributed by atoms with Crippen LogP contribution >= 0.6 is 0 Å². The topological polar surface area (TPSA) is 74.6 Å². The molecule has 2 fully saturated rings. The van der Waals surface area contributed by atoms with E-state index >= 15 is 0 Å². The van der Waals surface area contributed by atoms with Gasteiger partial charge in [-0.15, -0.1) is 0 Å². The van der Waals surface area contributed by atoms with Crippen molar-refractivity contribution in [2.75, 3.05) is 31.1 Å². The number of nitrogens with one attached hydrogen (secondary N) is 2. The molecule has 0 radical (unpaired) electrons. The molecule has 0 unspecified atom stereocenters. The normalized spacial score (nSPS) is 22.3. The first kappa shape index (κ1) is 17.0. The molecule has 2 aromatic heterocycles. The van der Waals surface area contributed by atoms with E-state index in [0.717, 1.165) is 63.3 Å². The number of anilines is 1. The molecule has 0 aromatic carbocycles. The molecule has 27 heavy (non-hydrogen) atoms. The van der Waals surface area contributed by atoms with Crippen molar-refractivity contribution in [2.24, 2.45) is 5.92 Å². The average Bonchev–Trinajstić information content (AvgIpc) is 3.16. The van der Waals surface area contributed by atoms with Gasteiger partial charge in [-0.25, -0.2) is 4.98 Å². The van der Waals surface area contributed by atoms with Gasteiger partial charge in [0.1, 0.15) is 5.82 Å². The summed E-state index contributed by atoms with van der Waals surface area (Å²) in [5, 5.41) is 11.3. The van der Waals surface area contributed by atoms with Crippen LogP contribution in [0.5, 0.6) is 0 Å². The van der Waals surface area contributed by atoms with Gasteiger partial charge < -0.3 is 15.5 Å². The summed E-state index contributed by atoms with van der Waals surface area (Å²) in [7, 11) is 0. The van der Waals surface area contributed by atoms with Crippen molar-refractivity contribution in [3.63, 3.8) is 0 Å². The molecule has 2 aromatic rings. The minimum Gasteiger partial charge on any atom is -0.354 e. The van der Waals surface area contributed by atoms with Crippen LogP contribution in [-0.4, -0.2) is 52.2 Å². The van der Waals surface area contributed by atoms with Crippen LogP contribution in [0.1, 0.15) is 43.9 Å². The second-order valence-electron chi connectivity index (χ2n) is 8.57. The number of nitrogens with zero attached hydrogens (tertiary/aromatic N) is 4. The number of amides is 1. The zero-order valence-corrected chi connectivity index (χ0v) is 16.0. The van der Waals surface area contributed by atoms with Crippen LogP contribution in [0.4, 0.5) is 5.82 Å². The minimum atomic E-state index is 0.00612. The van der Waals surface area contributed by atoms with Crippen LogP contribution in [0.25, 0.3) is 5.65 Å². The van der Waals surface area contributed by atoms with Gasteiger partial charge >= 0.3 is 0 Å². The van der Waals surface area contributed by atoms with Crippen molar-refractivity contribution in [1.82, 2.24) is 25.2 Å². The third kappa shape index (κ3) is 2.98. The van der Waals surface area contributed by atoms with Crippen LogP contribution in [0.2, 0.25) is 0 Å². The second-order valence-corrected chi connectivity index (χ2v) is 8.57. The van der Waals surface area contributed by atoms with E-state index in [9.17, 15) is 4.79 Å². The maximum Gasteiger partial charge on any atom is 0.227 e. The second kappa shape index (κ2) is 6.48. The number of carbonyl (C=O) groups is 1. The number of fused-ring (bicyclic) bond motifs is 2. The summed E-state index contributed by atoms with van der Waals surface area (Å²) in [5.74, 6) is 1.43. The quantitative estimate of drug-likeness (QED) is 0.854. The van der Waals surface area contributed by atoms with Crippen LogP contribution in [0.15, 0.2) is 12.3 Å². The average molecular weight is 368 g/mol. The molecule has 0 bridgehead atoms. The predicted octanol–water partition coefficient (Wildman–Crippen LogP) is 1.30. The Balaban J connectivity index is 1.37. The van der Waals surface area contributed by atoms with Crippen LogP contribution in [0, 0.1) is 5.92 Å². The number of hydrogen-bond acceptors (Lipinski definition) is 5. The highest BCUT2D eigenvalue weighted by molar-refractivity contribution is 5.82. The molecule has 0 spiro atoms. The number of carbonyl (C=O) groups excluding carboxylic acids is 1. The summed E-state index contributed by atoms with van der Waals surface area (Å²) in [6.45, 7) is 5.65. The summed E-state index contributed by atoms with van der Waals surface area (Å²) in [4.78, 5) is 19.9. The van der Waals surface area contributed by atoms with Crippen LogP contribution < -0.4 is 15.5 Å². The van der Waals surface area contributed by atoms with Gasteiger partial charge in [0, 0.05) is 43.2 Å². The molecular weight excluding hydrogens is 340 g/mol. The molecule has 1 aliphatic carbocycles. The Kier molecular flexibility index (Phi) is 4.07. The van der Waals surface area contributed by atoms with Crippen molar-refractivity contribution in [3.8, 4) is 0 Å². The van der Waals surface area contributed by atoms with Crippen molar-refractivity contribution < 1.29 is 4.79 Å². The summed E-state index contributed by atoms with van der Waals surface area (Å²) in [6.07, 6.45) is 8.37. The maximum atomic E-state index is 12.7. The third-order valence-corrected chi connectivity index (χ3v) is 6.47. The van der Waals surface area contributed by atoms with E-state index in [-0.39, 0.29) is 17.4 Å². The summed E-state index contributed by atoms with van der Waals surface area (Å²) < 4.78 is 1.95. The highest BCUT2D eigenvalue weighted by atomic mass is 16.2. The smallest absolute Gasteiger partial charge is 0.227 e. The van der Waals surface area contributed by atoms with E-state index in [1.54, 1.807) is 0 Å². The lowest BCUT2D eigenvalue weighted by Crippen LogP contribution is -2.58. The molecule has 2 N–H and O–H groups in total. The zero-order chi connectivity index (χ0) is 18.4. The molecule has 1 saturated carbocycles. The fourth-order valence-electron chi connectivity index (χ4n) is 4.84. The molecule has 7 nitrogen and oxygen atoms in total. The molecule has 4 heterocycles. The van der Waals surface area contributed by atoms with Crippen LogP contribution in [0.3, 0.4) is 0 Å². The Morgan fingerprint density at radius 2 is 2.04 bits per heavy atom. The fourth-order valence-corrected chi connectivity index (χ4v) is 4.84. The lowest BCUT2D eigenvalue weighted by atomic mass is 9.94. The summed E-state index contributed by atoms with van der Waals surface area (Å²) >= 11 is 0. The summed E-state index contributed by atoms with van der Waals surface area (Å²) in [5.41, 5.74) is 3.37. The lowest BCUT2D eigenvalue weighted by molar-refractivity contribution is -0.127. The Labute approximate surface area is 159 Å². The summed E-state index contributed by atoms with van der Waals surface area (Å²) in [6, 6.07) is 1.97. The van der Waals surface area contributed by atoms with E-state index < -0.39 is 0 Å². The molecule has 1 amide bonds. The minimum absolute atomic E-state index is 0.00612. The molecule has 2 aliphatic heterocycles. The SMILES string of the molecule is CC1(NC(=O)C2CN(c3c4c(nc5ccnn35)CCNCC4)C2)CCCC1. The van der Waals surface area contributed by atoms with Gasteiger partial charge in [-0.3, -0.25) is 4.79 Å². The molecule has 5 rings (SSSR count). The Morgan fingerprint density at radius 3 is 2.85 bits per heavy atom. The standard InChI is InChI=1S/C20H28N6O/c1-20(7-2-3-8-20)24-18(27)14-12-25(13-14)19-15-4-9-21-10-5-16(15)23-17-6-11-22-26(17)19/h6,11,14,21H,2-5,7-10,12-13H2,1H3,(H,24,27). The van der Waals surface area contributed by atoms with E-state index in [1.807, 2.05) is 16.8 Å². The highest BCUT2D eigenvalue weighted by Crippen LogP contribution is 2.33. The van der Waals surface area contributed by atoms with E-state index in [1.165, 1.54) is 24.1 Å². The van der Waals surface area contributed by atoms with Crippen molar-refractivity contribution in [3.05, 3.63) is 23.5 Å². The number of hydrogen-bond donors (Lipinski definition) is 2. The van der Waals surface area contributed by atoms with Gasteiger partial charge in [-0.2, -0.15) is 9.61 Å². The molecule has 0 atom stereocenters. The monoisotopic (exact) mass is 368 g/mol. The van der Waals surface area contributed by atoms with Crippen molar-refractivity contribution >= 4 is 17.4 Å². The van der Waals surface area contributed by atoms with Gasteiger partial charge in [0.05, 0.1) is 17.8 Å². The Morgan fingerprint density at radius 1 is 1.26 bits per heavy atom. The number of rotatable bonds is 3. The molecule has 3 aliphatic rings. The predicted molar refractivity (Wildman–Crippen MR) is 104 cm³/mol. The molecule has 1 saturated heterocycles. The van der Waals surface area contributed by atoms with E-state index in [4.69, 9.17) is 4.98 Å². The van der Waals surface area contributed by atoms with Gasteiger partial charge in [0.25, 0.3) is 0 Å². The Hall–Kier alpha value is -2.15. The fraction of sp³-hybridized carbons (Fsp3) is 0.650. The van der Waals surface area contributed by atoms with E-state index in [2.05, 4.69) is 27.6 Å². The first-order valence-corrected chi connectivity index (χ1v) is 10.3. The van der Waals surface area contributed by atoms with Gasteiger partial charge in [-0.05, 0) is 32.7 Å². The number of aromatic nitrogens is 3. The van der Waals surface area contributed by atoms with Crippen molar-refractivity contribution in [1.29, 1.82) is 0 Å². The van der Waals surface area contributed by atoms with Gasteiger partial charge in [-0.1, -0.05) is 12.8 Å². The maximum absolute atomic E-state index is 12.7. The highest BCUT2D eigenvalue weighted by Gasteiger charge is 2.39. The van der Waals surface area contributed by atoms with E-state index in [0.29, 0.717) is 0 Å². The first-order valence-electron chi connectivity index (χ1n) is 10.3. The third-order valence-electron chi connectivity index (χ3n) is 6.47. The lowest BCUT2D eigenvalue weighted by Gasteiger charge is -2.42. The molecule has 7 heteroatoms. The van der Waals surface area contributed by atoms with Crippen molar-refractivity contribution in [2.45, 2.75) is 51.0 Å².